The van der Waals surface area contributed by atoms with Crippen molar-refractivity contribution < 1.29 is 9.84 Å². The summed E-state index contributed by atoms with van der Waals surface area (Å²) in [5.74, 6) is 1.72. The number of aryl methyl sites for hydroxylation is 2. The van der Waals surface area contributed by atoms with Crippen LogP contribution in [0.5, 0.6) is 11.5 Å². The molecule has 198 valence electrons. The number of aromatic hydroxyl groups is 1. The Morgan fingerprint density at radius 2 is 1.65 bits per heavy atom. The fourth-order valence-electron chi connectivity index (χ4n) is 5.26. The van der Waals surface area contributed by atoms with Crippen LogP contribution in [0.4, 0.5) is 5.69 Å². The average molecular weight is 501 g/mol. The second kappa shape index (κ2) is 12.5. The SMILES string of the molecule is COc1ccc(C2CCc3cc(O)ccc3C2)c(NCCCc2ccc(CCNCC(C)(C)C)cc2)c1. The van der Waals surface area contributed by atoms with Crippen molar-refractivity contribution in [3.63, 3.8) is 0 Å². The molecule has 1 aliphatic carbocycles. The molecule has 37 heavy (non-hydrogen) atoms. The molecule has 0 aromatic heterocycles. The van der Waals surface area contributed by atoms with Crippen LogP contribution in [0, 0.1) is 5.41 Å². The highest BCUT2D eigenvalue weighted by Crippen LogP contribution is 2.38. The first-order valence-electron chi connectivity index (χ1n) is 13.8. The Morgan fingerprint density at radius 1 is 0.892 bits per heavy atom. The number of phenols is 1. The molecule has 3 N–H and O–H groups in total. The monoisotopic (exact) mass is 500 g/mol. The summed E-state index contributed by atoms with van der Waals surface area (Å²) < 4.78 is 5.53. The van der Waals surface area contributed by atoms with Crippen LogP contribution in [0.3, 0.4) is 0 Å². The lowest BCUT2D eigenvalue weighted by Gasteiger charge is -2.27. The van der Waals surface area contributed by atoms with Crippen molar-refractivity contribution in [3.8, 4) is 11.5 Å². The molecule has 0 heterocycles. The number of hydrogen-bond donors (Lipinski definition) is 3. The van der Waals surface area contributed by atoms with Gasteiger partial charge < -0.3 is 20.5 Å². The van der Waals surface area contributed by atoms with Gasteiger partial charge in [0.25, 0.3) is 0 Å². The molecule has 3 aromatic carbocycles. The smallest absolute Gasteiger partial charge is 0.120 e. The van der Waals surface area contributed by atoms with Gasteiger partial charge >= 0.3 is 0 Å². The molecule has 1 unspecified atom stereocenters. The van der Waals surface area contributed by atoms with Crippen LogP contribution in [0.2, 0.25) is 0 Å². The Hall–Kier alpha value is -2.98. The minimum Gasteiger partial charge on any atom is -0.508 e. The van der Waals surface area contributed by atoms with Crippen molar-refractivity contribution in [3.05, 3.63) is 88.5 Å². The van der Waals surface area contributed by atoms with Gasteiger partial charge in [0.05, 0.1) is 7.11 Å². The van der Waals surface area contributed by atoms with Gasteiger partial charge in [-0.25, -0.2) is 0 Å². The molecule has 0 amide bonds. The third-order valence-corrected chi connectivity index (χ3v) is 7.35. The van der Waals surface area contributed by atoms with Gasteiger partial charge in [-0.15, -0.1) is 0 Å². The van der Waals surface area contributed by atoms with Crippen molar-refractivity contribution in [2.24, 2.45) is 5.41 Å². The normalized spacial score (nSPS) is 15.3. The second-order valence-electron chi connectivity index (χ2n) is 11.7. The van der Waals surface area contributed by atoms with Crippen LogP contribution in [-0.2, 0) is 25.7 Å². The first-order chi connectivity index (χ1) is 17.8. The lowest BCUT2D eigenvalue weighted by atomic mass is 9.79. The first-order valence-corrected chi connectivity index (χ1v) is 13.8. The van der Waals surface area contributed by atoms with Gasteiger partial charge in [-0.05, 0) is 102 Å². The summed E-state index contributed by atoms with van der Waals surface area (Å²) in [5.41, 5.74) is 8.31. The van der Waals surface area contributed by atoms with Crippen LogP contribution in [0.15, 0.2) is 60.7 Å². The van der Waals surface area contributed by atoms with E-state index in [-0.39, 0.29) is 0 Å². The van der Waals surface area contributed by atoms with Crippen molar-refractivity contribution in [1.29, 1.82) is 0 Å². The summed E-state index contributed by atoms with van der Waals surface area (Å²) in [6.07, 6.45) is 6.32. The molecule has 0 bridgehead atoms. The zero-order valence-corrected chi connectivity index (χ0v) is 23.1. The Bertz CT molecular complexity index is 1150. The zero-order valence-electron chi connectivity index (χ0n) is 23.1. The predicted octanol–water partition coefficient (Wildman–Crippen LogP) is 6.90. The molecule has 0 fully saturated rings. The lowest BCUT2D eigenvalue weighted by molar-refractivity contribution is 0.381. The van der Waals surface area contributed by atoms with Gasteiger partial charge in [0.2, 0.25) is 0 Å². The highest BCUT2D eigenvalue weighted by molar-refractivity contribution is 5.57. The van der Waals surface area contributed by atoms with Gasteiger partial charge in [0, 0.05) is 24.8 Å². The maximum atomic E-state index is 9.83. The van der Waals surface area contributed by atoms with Gasteiger partial charge in [0.15, 0.2) is 0 Å². The van der Waals surface area contributed by atoms with Gasteiger partial charge in [-0.1, -0.05) is 57.2 Å². The van der Waals surface area contributed by atoms with Gasteiger partial charge in [0.1, 0.15) is 11.5 Å². The van der Waals surface area contributed by atoms with Crippen molar-refractivity contribution >= 4 is 5.69 Å². The molecule has 4 heteroatoms. The number of nitrogens with one attached hydrogen (secondary N) is 2. The fourth-order valence-corrected chi connectivity index (χ4v) is 5.26. The van der Waals surface area contributed by atoms with Crippen LogP contribution in [0.1, 0.15) is 67.3 Å². The maximum Gasteiger partial charge on any atom is 0.120 e. The highest BCUT2D eigenvalue weighted by Gasteiger charge is 2.23. The van der Waals surface area contributed by atoms with Gasteiger partial charge in [-0.3, -0.25) is 0 Å². The molecule has 0 spiro atoms. The third-order valence-electron chi connectivity index (χ3n) is 7.35. The number of ether oxygens (including phenoxy) is 1. The molecule has 0 saturated heterocycles. The number of fused-ring (bicyclic) bond motifs is 1. The summed E-state index contributed by atoms with van der Waals surface area (Å²) in [7, 11) is 1.73. The van der Waals surface area contributed by atoms with E-state index in [1.165, 1.54) is 33.5 Å². The molecule has 1 atom stereocenters. The maximum absolute atomic E-state index is 9.83. The minimum absolute atomic E-state index is 0.330. The predicted molar refractivity (Wildman–Crippen MR) is 155 cm³/mol. The standard InChI is InChI=1S/C33H44N2O2/c1-33(2,3)23-34-19-17-25-9-7-24(8-10-25)6-5-18-35-32-22-30(37-4)15-16-31(32)28-12-11-27-21-29(36)14-13-26(27)20-28/h7-10,13-16,21-22,28,34-36H,5-6,11-12,17-20,23H2,1-4H3. The Morgan fingerprint density at radius 3 is 2.38 bits per heavy atom. The topological polar surface area (TPSA) is 53.5 Å². The number of rotatable bonds is 11. The third kappa shape index (κ3) is 8.00. The quantitative estimate of drug-likeness (QED) is 0.251. The second-order valence-corrected chi connectivity index (χ2v) is 11.7. The molecule has 0 aliphatic heterocycles. The van der Waals surface area contributed by atoms with Crippen molar-refractivity contribution in [2.75, 3.05) is 32.1 Å². The Kier molecular flexibility index (Phi) is 9.15. The van der Waals surface area contributed by atoms with E-state index in [1.54, 1.807) is 7.11 Å². The van der Waals surface area contributed by atoms with E-state index in [0.717, 1.165) is 63.9 Å². The van der Waals surface area contributed by atoms with Crippen LogP contribution < -0.4 is 15.4 Å². The van der Waals surface area contributed by atoms with E-state index >= 15 is 0 Å². The largest absolute Gasteiger partial charge is 0.508 e. The number of phenolic OH excluding ortho intramolecular Hbond substituents is 1. The van der Waals surface area contributed by atoms with Crippen LogP contribution in [-0.4, -0.2) is 31.9 Å². The molecule has 4 nitrogen and oxygen atoms in total. The molecule has 0 radical (unpaired) electrons. The van der Waals surface area contributed by atoms with E-state index in [0.29, 0.717) is 17.1 Å². The summed E-state index contributed by atoms with van der Waals surface area (Å²) >= 11 is 0. The van der Waals surface area contributed by atoms with Gasteiger partial charge in [-0.2, -0.15) is 0 Å². The molecule has 0 saturated carbocycles. The summed E-state index contributed by atoms with van der Waals surface area (Å²) in [6, 6.07) is 21.4. The zero-order chi connectivity index (χ0) is 26.3. The molecular weight excluding hydrogens is 456 g/mol. The molecule has 1 aliphatic rings. The van der Waals surface area contributed by atoms with Crippen molar-refractivity contribution in [1.82, 2.24) is 5.32 Å². The summed E-state index contributed by atoms with van der Waals surface area (Å²) in [6.45, 7) is 9.79. The van der Waals surface area contributed by atoms with E-state index in [2.05, 4.69) is 79.9 Å². The van der Waals surface area contributed by atoms with E-state index in [4.69, 9.17) is 4.74 Å². The summed E-state index contributed by atoms with van der Waals surface area (Å²) in [4.78, 5) is 0. The molecule has 3 aromatic rings. The highest BCUT2D eigenvalue weighted by atomic mass is 16.5. The van der Waals surface area contributed by atoms with E-state index in [1.807, 2.05) is 12.1 Å². The Balaban J connectivity index is 1.29. The summed E-state index contributed by atoms with van der Waals surface area (Å²) in [5, 5.41) is 17.1. The number of hydrogen-bond acceptors (Lipinski definition) is 4. The van der Waals surface area contributed by atoms with Crippen LogP contribution >= 0.6 is 0 Å². The molecule has 4 rings (SSSR count). The number of anilines is 1. The Labute approximate surface area is 223 Å². The van der Waals surface area contributed by atoms with Crippen molar-refractivity contribution in [2.45, 2.75) is 65.2 Å². The number of benzene rings is 3. The molecular formula is C33H44N2O2. The van der Waals surface area contributed by atoms with Crippen LogP contribution in [0.25, 0.3) is 0 Å². The fraction of sp³-hybridized carbons (Fsp3) is 0.455. The van der Waals surface area contributed by atoms with E-state index < -0.39 is 0 Å². The first kappa shape index (κ1) is 27.1. The minimum atomic E-state index is 0.330. The average Bonchev–Trinajstić information content (AvgIpc) is 2.89. The number of methoxy groups -OCH3 is 1. The lowest BCUT2D eigenvalue weighted by Crippen LogP contribution is -2.28. The van der Waals surface area contributed by atoms with E-state index in [9.17, 15) is 5.11 Å².